The number of allylic oxidation sites excluding steroid dienone is 1. The lowest BCUT2D eigenvalue weighted by Gasteiger charge is -2.36. The second kappa shape index (κ2) is 10.1. The van der Waals surface area contributed by atoms with Gasteiger partial charge in [-0.1, -0.05) is 42.5 Å². The van der Waals surface area contributed by atoms with Crippen LogP contribution >= 0.6 is 0 Å². The van der Waals surface area contributed by atoms with Crippen molar-refractivity contribution >= 4 is 11.8 Å². The first-order valence-electron chi connectivity index (χ1n) is 11.7. The van der Waals surface area contributed by atoms with E-state index in [0.717, 1.165) is 11.1 Å². The Hall–Kier alpha value is -4.06. The number of ether oxygens (including phenoxy) is 4. The van der Waals surface area contributed by atoms with E-state index in [1.807, 2.05) is 54.6 Å². The molecule has 1 saturated carbocycles. The number of Topliss-reactive ketones (excluding diaryl/α,β-unsaturated/α-hetero) is 1. The summed E-state index contributed by atoms with van der Waals surface area (Å²) >= 11 is 0. The average Bonchev–Trinajstić information content (AvgIpc) is 2.91. The van der Waals surface area contributed by atoms with Crippen LogP contribution in [0.1, 0.15) is 29.6 Å². The lowest BCUT2D eigenvalue weighted by molar-refractivity contribution is -0.132. The fourth-order valence-electron chi connectivity index (χ4n) is 4.53. The lowest BCUT2D eigenvalue weighted by atomic mass is 9.80. The largest absolute Gasteiger partial charge is 0.497 e. The van der Waals surface area contributed by atoms with Gasteiger partial charge >= 0.3 is 5.97 Å². The molecule has 0 saturated heterocycles. The van der Waals surface area contributed by atoms with Crippen molar-refractivity contribution in [3.63, 3.8) is 0 Å². The Bertz CT molecular complexity index is 1210. The molecule has 0 N–H and O–H groups in total. The zero-order valence-corrected chi connectivity index (χ0v) is 19.4. The van der Waals surface area contributed by atoms with Crippen molar-refractivity contribution in [2.45, 2.75) is 31.5 Å². The molecule has 2 aliphatic rings. The molecule has 1 fully saturated rings. The highest BCUT2D eigenvalue weighted by atomic mass is 16.6. The molecule has 6 heteroatoms. The van der Waals surface area contributed by atoms with Gasteiger partial charge in [0.2, 0.25) is 11.5 Å². The van der Waals surface area contributed by atoms with E-state index in [9.17, 15) is 9.59 Å². The first-order chi connectivity index (χ1) is 17.1. The number of carbonyl (C=O) groups is 2. The van der Waals surface area contributed by atoms with Crippen LogP contribution in [0.15, 0.2) is 90.9 Å². The summed E-state index contributed by atoms with van der Waals surface area (Å²) in [6.07, 6.45) is 2.38. The Labute approximate surface area is 204 Å². The van der Waals surface area contributed by atoms with Crippen molar-refractivity contribution in [1.29, 1.82) is 0 Å². The number of carbonyl (C=O) groups excluding carboxylic acids is 2. The Morgan fingerprint density at radius 3 is 2.26 bits per heavy atom. The normalized spacial score (nSPS) is 21.2. The monoisotopic (exact) mass is 470 g/mol. The van der Waals surface area contributed by atoms with Crippen LogP contribution in [0.2, 0.25) is 0 Å². The van der Waals surface area contributed by atoms with Gasteiger partial charge in [0.05, 0.1) is 18.6 Å². The molecule has 1 aliphatic heterocycles. The third-order valence-electron chi connectivity index (χ3n) is 6.46. The molecule has 0 radical (unpaired) electrons. The molecular weight excluding hydrogens is 444 g/mol. The fourth-order valence-corrected chi connectivity index (χ4v) is 4.53. The van der Waals surface area contributed by atoms with Gasteiger partial charge in [-0.25, -0.2) is 4.79 Å². The molecule has 35 heavy (non-hydrogen) atoms. The predicted molar refractivity (Wildman–Crippen MR) is 130 cm³/mol. The van der Waals surface area contributed by atoms with Crippen molar-refractivity contribution in [2.24, 2.45) is 5.92 Å². The van der Waals surface area contributed by atoms with E-state index in [4.69, 9.17) is 18.9 Å². The number of hydrogen-bond acceptors (Lipinski definition) is 6. The van der Waals surface area contributed by atoms with E-state index in [2.05, 4.69) is 0 Å². The molecule has 0 amide bonds. The second-order valence-electron chi connectivity index (χ2n) is 8.69. The average molecular weight is 471 g/mol. The van der Waals surface area contributed by atoms with Gasteiger partial charge in [-0.2, -0.15) is 0 Å². The van der Waals surface area contributed by atoms with Gasteiger partial charge in [0, 0.05) is 6.42 Å². The van der Waals surface area contributed by atoms with E-state index < -0.39 is 5.97 Å². The van der Waals surface area contributed by atoms with E-state index >= 15 is 0 Å². The number of rotatable bonds is 6. The quantitative estimate of drug-likeness (QED) is 0.438. The van der Waals surface area contributed by atoms with Gasteiger partial charge in [-0.05, 0) is 60.4 Å². The van der Waals surface area contributed by atoms with Crippen molar-refractivity contribution in [1.82, 2.24) is 0 Å². The third kappa shape index (κ3) is 5.06. The van der Waals surface area contributed by atoms with Crippen LogP contribution in [0, 0.1) is 5.92 Å². The number of benzene rings is 3. The Kier molecular flexibility index (Phi) is 6.53. The summed E-state index contributed by atoms with van der Waals surface area (Å²) in [4.78, 5) is 25.6. The predicted octanol–water partition coefficient (Wildman–Crippen LogP) is 5.58. The summed E-state index contributed by atoms with van der Waals surface area (Å²) in [5.41, 5.74) is 2.64. The molecular formula is C29H26O6. The van der Waals surface area contributed by atoms with E-state index in [0.29, 0.717) is 36.3 Å². The molecule has 1 aliphatic carbocycles. The number of hydrogen-bond donors (Lipinski definition) is 0. The van der Waals surface area contributed by atoms with Crippen LogP contribution in [-0.2, 0) is 14.3 Å². The Morgan fingerprint density at radius 2 is 1.54 bits per heavy atom. The molecule has 3 aromatic rings. The summed E-state index contributed by atoms with van der Waals surface area (Å²) in [5.74, 6) is 0.675. The van der Waals surface area contributed by atoms with Gasteiger partial charge in [0.1, 0.15) is 30.0 Å². The standard InChI is InChI=1S/C29H26O6/c1-32-22-11-9-21(10-12-22)29(31)35-24-15-16-25-26(17-24)33-18-27(28(25)30)34-23-13-7-20(8-14-23)19-5-3-2-4-6-19/h2-14,18,24-26H,15-17H2,1H3. The number of fused-ring (bicyclic) bond motifs is 1. The molecule has 3 aromatic carbocycles. The molecule has 6 nitrogen and oxygen atoms in total. The lowest BCUT2D eigenvalue weighted by Crippen LogP contribution is -2.43. The third-order valence-corrected chi connectivity index (χ3v) is 6.46. The minimum absolute atomic E-state index is 0.0756. The van der Waals surface area contributed by atoms with Crippen molar-refractivity contribution in [2.75, 3.05) is 7.11 Å². The summed E-state index contributed by atoms with van der Waals surface area (Å²) in [6.45, 7) is 0. The molecule has 178 valence electrons. The zero-order valence-electron chi connectivity index (χ0n) is 19.4. The molecule has 3 unspecified atom stereocenters. The van der Waals surface area contributed by atoms with Crippen molar-refractivity contribution < 1.29 is 28.5 Å². The topological polar surface area (TPSA) is 71.1 Å². The summed E-state index contributed by atoms with van der Waals surface area (Å²) in [7, 11) is 1.57. The van der Waals surface area contributed by atoms with Crippen LogP contribution in [0.4, 0.5) is 0 Å². The molecule has 0 aromatic heterocycles. The minimum atomic E-state index is -0.392. The fraction of sp³-hybridized carbons (Fsp3) is 0.241. The second-order valence-corrected chi connectivity index (χ2v) is 8.69. The van der Waals surface area contributed by atoms with E-state index in [1.54, 1.807) is 31.4 Å². The smallest absolute Gasteiger partial charge is 0.338 e. The molecule has 5 rings (SSSR count). The van der Waals surface area contributed by atoms with Gasteiger partial charge < -0.3 is 18.9 Å². The van der Waals surface area contributed by atoms with Crippen molar-refractivity contribution in [3.05, 3.63) is 96.4 Å². The zero-order chi connectivity index (χ0) is 24.2. The first-order valence-corrected chi connectivity index (χ1v) is 11.7. The highest BCUT2D eigenvalue weighted by Gasteiger charge is 2.42. The van der Waals surface area contributed by atoms with Crippen LogP contribution in [0.3, 0.4) is 0 Å². The number of ketones is 1. The Balaban J connectivity index is 1.19. The van der Waals surface area contributed by atoms with Gasteiger partial charge in [-0.3, -0.25) is 4.79 Å². The van der Waals surface area contributed by atoms with E-state index in [-0.39, 0.29) is 29.7 Å². The maximum absolute atomic E-state index is 13.1. The van der Waals surface area contributed by atoms with Gasteiger partial charge in [-0.15, -0.1) is 0 Å². The number of esters is 1. The van der Waals surface area contributed by atoms with Crippen LogP contribution < -0.4 is 9.47 Å². The van der Waals surface area contributed by atoms with Crippen LogP contribution in [0.25, 0.3) is 11.1 Å². The SMILES string of the molecule is COc1ccc(C(=O)OC2CCC3C(=O)C(Oc4ccc(-c5ccccc5)cc4)=COC3C2)cc1. The molecule has 0 bridgehead atoms. The number of methoxy groups -OCH3 is 1. The summed E-state index contributed by atoms with van der Waals surface area (Å²) in [5, 5.41) is 0. The van der Waals surface area contributed by atoms with Gasteiger partial charge in [0.15, 0.2) is 0 Å². The van der Waals surface area contributed by atoms with E-state index in [1.165, 1.54) is 6.26 Å². The summed E-state index contributed by atoms with van der Waals surface area (Å²) < 4.78 is 22.5. The minimum Gasteiger partial charge on any atom is -0.497 e. The van der Waals surface area contributed by atoms with Crippen molar-refractivity contribution in [3.8, 4) is 22.6 Å². The molecule has 0 spiro atoms. The first kappa shape index (κ1) is 22.7. The highest BCUT2D eigenvalue weighted by Crippen LogP contribution is 2.35. The van der Waals surface area contributed by atoms with Crippen LogP contribution in [0.5, 0.6) is 11.5 Å². The molecule has 3 atom stereocenters. The highest BCUT2D eigenvalue weighted by molar-refractivity contribution is 5.96. The molecule has 1 heterocycles. The maximum atomic E-state index is 13.1. The Morgan fingerprint density at radius 1 is 0.857 bits per heavy atom. The summed E-state index contributed by atoms with van der Waals surface area (Å²) in [6, 6.07) is 24.5. The van der Waals surface area contributed by atoms with Gasteiger partial charge in [0.25, 0.3) is 0 Å². The van der Waals surface area contributed by atoms with Crippen LogP contribution in [-0.4, -0.2) is 31.1 Å². The maximum Gasteiger partial charge on any atom is 0.338 e.